The minimum absolute atomic E-state index is 0.171. The van der Waals surface area contributed by atoms with Crippen LogP contribution in [0.15, 0.2) is 24.4 Å². The monoisotopic (exact) mass is 297 g/mol. The van der Waals surface area contributed by atoms with Crippen molar-refractivity contribution < 1.29 is 0 Å². The first-order chi connectivity index (χ1) is 9.04. The van der Waals surface area contributed by atoms with Gasteiger partial charge in [0.05, 0.1) is 16.2 Å². The highest BCUT2D eigenvalue weighted by atomic mass is 35.5. The van der Waals surface area contributed by atoms with Crippen LogP contribution in [0.2, 0.25) is 10.0 Å². The molecule has 2 aromatic rings. The first-order valence-corrected chi connectivity index (χ1v) is 6.88. The number of hydrogen-bond acceptors (Lipinski definition) is 2. The Morgan fingerprint density at radius 3 is 2.68 bits per heavy atom. The molecular weight excluding hydrogens is 281 g/mol. The van der Waals surface area contributed by atoms with Gasteiger partial charge in [-0.3, -0.25) is 4.68 Å². The van der Waals surface area contributed by atoms with Crippen LogP contribution in [0.4, 0.5) is 0 Å². The van der Waals surface area contributed by atoms with Crippen LogP contribution in [0.25, 0.3) is 0 Å². The zero-order valence-corrected chi connectivity index (χ0v) is 12.8. The standard InChI is InChI=1S/C14H17Cl2N3/c1-9-11(8-18-19(9)3)13(17-2)7-10-5-4-6-12(15)14(10)16/h4-6,8,13,17H,7H2,1-3H3. The highest BCUT2D eigenvalue weighted by molar-refractivity contribution is 6.42. The molecule has 102 valence electrons. The van der Waals surface area contributed by atoms with Crippen molar-refractivity contribution in [2.75, 3.05) is 7.05 Å². The molecule has 0 aliphatic heterocycles. The van der Waals surface area contributed by atoms with Gasteiger partial charge in [-0.1, -0.05) is 35.3 Å². The Bertz CT molecular complexity index is 578. The molecule has 0 saturated heterocycles. The van der Waals surface area contributed by atoms with Crippen LogP contribution >= 0.6 is 23.2 Å². The largest absolute Gasteiger partial charge is 0.313 e. The van der Waals surface area contributed by atoms with Crippen LogP contribution in [0.3, 0.4) is 0 Å². The minimum Gasteiger partial charge on any atom is -0.313 e. The summed E-state index contributed by atoms with van der Waals surface area (Å²) in [6.45, 7) is 2.06. The number of aryl methyl sites for hydroxylation is 1. The van der Waals surface area contributed by atoms with Crippen LogP contribution in [0, 0.1) is 6.92 Å². The molecule has 2 rings (SSSR count). The van der Waals surface area contributed by atoms with Crippen LogP contribution < -0.4 is 5.32 Å². The average molecular weight is 298 g/mol. The molecule has 3 nitrogen and oxygen atoms in total. The summed E-state index contributed by atoms with van der Waals surface area (Å²) in [5.74, 6) is 0. The fraction of sp³-hybridized carbons (Fsp3) is 0.357. The van der Waals surface area contributed by atoms with Crippen LogP contribution in [0.5, 0.6) is 0 Å². The molecule has 19 heavy (non-hydrogen) atoms. The number of benzene rings is 1. The predicted molar refractivity (Wildman–Crippen MR) is 79.9 cm³/mol. The van der Waals surface area contributed by atoms with Gasteiger partial charge < -0.3 is 5.32 Å². The van der Waals surface area contributed by atoms with Crippen molar-refractivity contribution in [3.05, 3.63) is 51.3 Å². The molecule has 1 aromatic carbocycles. The molecule has 1 aromatic heterocycles. The number of nitrogens with zero attached hydrogens (tertiary/aromatic N) is 2. The van der Waals surface area contributed by atoms with Gasteiger partial charge in [0.2, 0.25) is 0 Å². The zero-order valence-electron chi connectivity index (χ0n) is 11.2. The molecule has 1 heterocycles. The summed E-state index contributed by atoms with van der Waals surface area (Å²) in [5.41, 5.74) is 3.37. The number of halogens is 2. The van der Waals surface area contributed by atoms with Crippen molar-refractivity contribution in [3.8, 4) is 0 Å². The lowest BCUT2D eigenvalue weighted by molar-refractivity contribution is 0.586. The van der Waals surface area contributed by atoms with Crippen molar-refractivity contribution in [1.29, 1.82) is 0 Å². The molecule has 0 aliphatic rings. The van der Waals surface area contributed by atoms with Gasteiger partial charge in [-0.2, -0.15) is 5.10 Å². The third-order valence-corrected chi connectivity index (χ3v) is 4.31. The second-order valence-electron chi connectivity index (χ2n) is 4.57. The summed E-state index contributed by atoms with van der Waals surface area (Å²) in [7, 11) is 3.88. The number of nitrogens with one attached hydrogen (secondary N) is 1. The van der Waals surface area contributed by atoms with Crippen molar-refractivity contribution in [2.45, 2.75) is 19.4 Å². The van der Waals surface area contributed by atoms with E-state index in [2.05, 4.69) is 17.3 Å². The number of aromatic nitrogens is 2. The van der Waals surface area contributed by atoms with Gasteiger partial charge in [-0.25, -0.2) is 0 Å². The van der Waals surface area contributed by atoms with E-state index >= 15 is 0 Å². The molecule has 0 amide bonds. The molecule has 0 bridgehead atoms. The maximum Gasteiger partial charge on any atom is 0.0624 e. The lowest BCUT2D eigenvalue weighted by Gasteiger charge is -2.17. The van der Waals surface area contributed by atoms with Crippen molar-refractivity contribution in [2.24, 2.45) is 7.05 Å². The Labute approximate surface area is 123 Å². The Kier molecular flexibility index (Phi) is 4.50. The first-order valence-electron chi connectivity index (χ1n) is 6.13. The summed E-state index contributed by atoms with van der Waals surface area (Å²) in [6.07, 6.45) is 2.68. The fourth-order valence-corrected chi connectivity index (χ4v) is 2.55. The van der Waals surface area contributed by atoms with E-state index < -0.39 is 0 Å². The van der Waals surface area contributed by atoms with Crippen LogP contribution in [-0.2, 0) is 13.5 Å². The molecule has 1 N–H and O–H groups in total. The Hall–Kier alpha value is -1.03. The average Bonchev–Trinajstić information content (AvgIpc) is 2.72. The van der Waals surface area contributed by atoms with Crippen molar-refractivity contribution in [1.82, 2.24) is 15.1 Å². The molecule has 0 saturated carbocycles. The van der Waals surface area contributed by atoms with Crippen molar-refractivity contribution >= 4 is 23.2 Å². The summed E-state index contributed by atoms with van der Waals surface area (Å²) >= 11 is 12.3. The van der Waals surface area contributed by atoms with Crippen LogP contribution in [0.1, 0.15) is 22.9 Å². The highest BCUT2D eigenvalue weighted by Gasteiger charge is 2.17. The quantitative estimate of drug-likeness (QED) is 0.935. The summed E-state index contributed by atoms with van der Waals surface area (Å²) in [4.78, 5) is 0. The van der Waals surface area contributed by atoms with Gasteiger partial charge in [0, 0.05) is 24.3 Å². The van der Waals surface area contributed by atoms with Gasteiger partial charge in [0.1, 0.15) is 0 Å². The molecule has 0 spiro atoms. The Morgan fingerprint density at radius 1 is 1.37 bits per heavy atom. The van der Waals surface area contributed by atoms with Gasteiger partial charge in [-0.15, -0.1) is 0 Å². The van der Waals surface area contributed by atoms with Gasteiger partial charge in [0.15, 0.2) is 0 Å². The second-order valence-corrected chi connectivity index (χ2v) is 5.35. The SMILES string of the molecule is CNC(Cc1cccc(Cl)c1Cl)c1cnn(C)c1C. The molecule has 5 heteroatoms. The van der Waals surface area contributed by atoms with E-state index in [1.807, 2.05) is 37.1 Å². The zero-order chi connectivity index (χ0) is 14.0. The number of likely N-dealkylation sites (N-methyl/N-ethyl adjacent to an activating group) is 1. The summed E-state index contributed by atoms with van der Waals surface area (Å²) in [6, 6.07) is 5.90. The normalized spacial score (nSPS) is 12.7. The molecule has 1 unspecified atom stereocenters. The fourth-order valence-electron chi connectivity index (χ4n) is 2.15. The highest BCUT2D eigenvalue weighted by Crippen LogP contribution is 2.29. The second kappa shape index (κ2) is 5.95. The third kappa shape index (κ3) is 2.94. The lowest BCUT2D eigenvalue weighted by atomic mass is 9.99. The summed E-state index contributed by atoms with van der Waals surface area (Å²) in [5, 5.41) is 8.82. The minimum atomic E-state index is 0.171. The van der Waals surface area contributed by atoms with Gasteiger partial charge in [-0.05, 0) is 32.0 Å². The maximum atomic E-state index is 6.25. The maximum absolute atomic E-state index is 6.25. The topological polar surface area (TPSA) is 29.9 Å². The lowest BCUT2D eigenvalue weighted by Crippen LogP contribution is -2.19. The number of rotatable bonds is 4. The molecule has 1 atom stereocenters. The molecule has 0 radical (unpaired) electrons. The van der Waals surface area contributed by atoms with E-state index in [9.17, 15) is 0 Å². The Morgan fingerprint density at radius 2 is 2.11 bits per heavy atom. The molecule has 0 aliphatic carbocycles. The third-order valence-electron chi connectivity index (χ3n) is 3.45. The van der Waals surface area contributed by atoms with E-state index in [1.165, 1.54) is 5.56 Å². The Balaban J connectivity index is 2.29. The van der Waals surface area contributed by atoms with Gasteiger partial charge in [0.25, 0.3) is 0 Å². The van der Waals surface area contributed by atoms with Gasteiger partial charge >= 0.3 is 0 Å². The van der Waals surface area contributed by atoms with E-state index in [0.29, 0.717) is 10.0 Å². The molecular formula is C14H17Cl2N3. The van der Waals surface area contributed by atoms with Crippen LogP contribution in [-0.4, -0.2) is 16.8 Å². The first kappa shape index (κ1) is 14.4. The van der Waals surface area contributed by atoms with Crippen molar-refractivity contribution in [3.63, 3.8) is 0 Å². The van der Waals surface area contributed by atoms with E-state index in [-0.39, 0.29) is 6.04 Å². The number of hydrogen-bond donors (Lipinski definition) is 1. The van der Waals surface area contributed by atoms with E-state index in [1.54, 1.807) is 6.07 Å². The predicted octanol–water partition coefficient (Wildman–Crippen LogP) is 3.54. The van der Waals surface area contributed by atoms with E-state index in [4.69, 9.17) is 23.2 Å². The summed E-state index contributed by atoms with van der Waals surface area (Å²) < 4.78 is 1.87. The molecule has 0 fully saturated rings. The smallest absolute Gasteiger partial charge is 0.0624 e. The van der Waals surface area contributed by atoms with E-state index in [0.717, 1.165) is 17.7 Å².